The number of hydrogen-bond donors (Lipinski definition) is 1. The number of rotatable bonds is 7. The summed E-state index contributed by atoms with van der Waals surface area (Å²) in [4.78, 5) is 28.7. The van der Waals surface area contributed by atoms with E-state index < -0.39 is 0 Å². The number of thiazole rings is 1. The lowest BCUT2D eigenvalue weighted by Crippen LogP contribution is -2.14. The largest absolute Gasteiger partial charge is 0.326 e. The van der Waals surface area contributed by atoms with Gasteiger partial charge in [0, 0.05) is 21.1 Å². The zero-order valence-electron chi connectivity index (χ0n) is 13.6. The fourth-order valence-corrected chi connectivity index (χ4v) is 4.34. The molecule has 0 fully saturated rings. The van der Waals surface area contributed by atoms with E-state index in [4.69, 9.17) is 0 Å². The summed E-state index contributed by atoms with van der Waals surface area (Å²) in [5.41, 5.74) is 2.14. The van der Waals surface area contributed by atoms with Crippen LogP contribution in [0.3, 0.4) is 0 Å². The Morgan fingerprint density at radius 1 is 1.12 bits per heavy atom. The first-order valence-electron chi connectivity index (χ1n) is 7.81. The van der Waals surface area contributed by atoms with Crippen LogP contribution in [0.25, 0.3) is 0 Å². The maximum absolute atomic E-state index is 12.1. The van der Waals surface area contributed by atoms with E-state index in [1.165, 1.54) is 23.1 Å². The Morgan fingerprint density at radius 3 is 2.69 bits per heavy atom. The Morgan fingerprint density at radius 2 is 1.92 bits per heavy atom. The molecule has 1 N–H and O–H groups in total. The second-order valence-corrected chi connectivity index (χ2v) is 8.41. The van der Waals surface area contributed by atoms with Crippen LogP contribution in [0.5, 0.6) is 0 Å². The normalized spacial score (nSPS) is 10.5. The van der Waals surface area contributed by atoms with Crippen molar-refractivity contribution in [3.8, 4) is 0 Å². The molecule has 0 atom stereocenters. The average Bonchev–Trinajstić information content (AvgIpc) is 3.07. The number of anilines is 1. The van der Waals surface area contributed by atoms with Crippen LogP contribution in [-0.2, 0) is 11.2 Å². The Balaban J connectivity index is 1.51. The SMILES string of the molecule is O=C(Cc1csc(SCC(=O)c2ccccc2)n1)Nc1cccc(Br)c1. The van der Waals surface area contributed by atoms with E-state index in [0.29, 0.717) is 17.0 Å². The zero-order chi connectivity index (χ0) is 18.4. The highest BCUT2D eigenvalue weighted by atomic mass is 79.9. The molecule has 0 unspecified atom stereocenters. The summed E-state index contributed by atoms with van der Waals surface area (Å²) < 4.78 is 1.70. The van der Waals surface area contributed by atoms with Gasteiger partial charge < -0.3 is 5.32 Å². The second kappa shape index (κ2) is 9.12. The number of benzene rings is 2. The van der Waals surface area contributed by atoms with E-state index in [1.807, 2.05) is 60.0 Å². The van der Waals surface area contributed by atoms with Crippen molar-refractivity contribution in [1.82, 2.24) is 4.98 Å². The molecule has 1 amide bonds. The molecule has 3 aromatic rings. The standard InChI is InChI=1S/C19H15BrN2O2S2/c20-14-7-4-8-15(9-14)21-18(24)10-16-11-25-19(22-16)26-12-17(23)13-5-2-1-3-6-13/h1-9,11H,10,12H2,(H,21,24). The molecule has 0 bridgehead atoms. The van der Waals surface area contributed by atoms with Crippen molar-refractivity contribution in [2.45, 2.75) is 10.8 Å². The lowest BCUT2D eigenvalue weighted by Gasteiger charge is -2.04. The van der Waals surface area contributed by atoms with E-state index >= 15 is 0 Å². The number of aromatic nitrogens is 1. The van der Waals surface area contributed by atoms with E-state index in [1.54, 1.807) is 0 Å². The van der Waals surface area contributed by atoms with E-state index in [0.717, 1.165) is 14.5 Å². The van der Waals surface area contributed by atoms with Crippen molar-refractivity contribution in [3.05, 3.63) is 75.7 Å². The van der Waals surface area contributed by atoms with Gasteiger partial charge in [0.15, 0.2) is 10.1 Å². The van der Waals surface area contributed by atoms with Gasteiger partial charge in [-0.3, -0.25) is 9.59 Å². The number of Topliss-reactive ketones (excluding diaryl/α,β-unsaturated/α-hetero) is 1. The van der Waals surface area contributed by atoms with Gasteiger partial charge in [0.25, 0.3) is 0 Å². The van der Waals surface area contributed by atoms with Crippen LogP contribution in [0, 0.1) is 0 Å². The Hall–Kier alpha value is -1.96. The monoisotopic (exact) mass is 446 g/mol. The summed E-state index contributed by atoms with van der Waals surface area (Å²) in [6.07, 6.45) is 0.205. The number of carbonyl (C=O) groups is 2. The minimum atomic E-state index is -0.120. The van der Waals surface area contributed by atoms with Gasteiger partial charge in [0.1, 0.15) is 0 Å². The molecule has 7 heteroatoms. The maximum Gasteiger partial charge on any atom is 0.230 e. The topological polar surface area (TPSA) is 59.1 Å². The predicted molar refractivity (Wildman–Crippen MR) is 110 cm³/mol. The summed E-state index contributed by atoms with van der Waals surface area (Å²) in [5.74, 6) is 0.284. The molecule has 26 heavy (non-hydrogen) atoms. The molecule has 0 radical (unpaired) electrons. The summed E-state index contributed by atoms with van der Waals surface area (Å²) in [6.45, 7) is 0. The van der Waals surface area contributed by atoms with Crippen molar-refractivity contribution in [3.63, 3.8) is 0 Å². The minimum Gasteiger partial charge on any atom is -0.326 e. The lowest BCUT2D eigenvalue weighted by molar-refractivity contribution is -0.115. The van der Waals surface area contributed by atoms with Crippen molar-refractivity contribution in [1.29, 1.82) is 0 Å². The lowest BCUT2D eigenvalue weighted by atomic mass is 10.2. The van der Waals surface area contributed by atoms with Crippen molar-refractivity contribution < 1.29 is 9.59 Å². The average molecular weight is 447 g/mol. The Bertz CT molecular complexity index is 913. The fourth-order valence-electron chi connectivity index (χ4n) is 2.21. The van der Waals surface area contributed by atoms with E-state index in [2.05, 4.69) is 26.2 Å². The number of halogens is 1. The van der Waals surface area contributed by atoms with Gasteiger partial charge in [-0.2, -0.15) is 0 Å². The fraction of sp³-hybridized carbons (Fsp3) is 0.105. The van der Waals surface area contributed by atoms with E-state index in [-0.39, 0.29) is 18.1 Å². The molecule has 0 saturated carbocycles. The van der Waals surface area contributed by atoms with Gasteiger partial charge in [-0.15, -0.1) is 11.3 Å². The van der Waals surface area contributed by atoms with Crippen LogP contribution in [0.2, 0.25) is 0 Å². The molecule has 132 valence electrons. The van der Waals surface area contributed by atoms with Crippen LogP contribution in [0.1, 0.15) is 16.1 Å². The molecule has 0 spiro atoms. The molecule has 0 aliphatic carbocycles. The molecule has 0 aliphatic rings. The van der Waals surface area contributed by atoms with Gasteiger partial charge in [0.05, 0.1) is 17.9 Å². The zero-order valence-corrected chi connectivity index (χ0v) is 16.9. The smallest absolute Gasteiger partial charge is 0.230 e. The first-order chi connectivity index (χ1) is 12.6. The summed E-state index contributed by atoms with van der Waals surface area (Å²) in [5, 5.41) is 4.70. The predicted octanol–water partition coefficient (Wildman–Crippen LogP) is 5.06. The highest BCUT2D eigenvalue weighted by molar-refractivity contribution is 9.10. The van der Waals surface area contributed by atoms with Gasteiger partial charge in [-0.1, -0.05) is 64.1 Å². The highest BCUT2D eigenvalue weighted by Gasteiger charge is 2.11. The first kappa shape index (κ1) is 18.8. The van der Waals surface area contributed by atoms with Crippen LogP contribution >= 0.6 is 39.0 Å². The van der Waals surface area contributed by atoms with Gasteiger partial charge in [0.2, 0.25) is 5.91 Å². The third-order valence-corrected chi connectivity index (χ3v) is 5.97. The van der Waals surface area contributed by atoms with Crippen molar-refractivity contribution in [2.75, 3.05) is 11.1 Å². The molecule has 0 saturated heterocycles. The number of carbonyl (C=O) groups excluding carboxylic acids is 2. The number of ketones is 1. The summed E-state index contributed by atoms with van der Waals surface area (Å²) in [6, 6.07) is 16.6. The molecule has 4 nitrogen and oxygen atoms in total. The molecule has 1 heterocycles. The van der Waals surface area contributed by atoms with Crippen molar-refractivity contribution >= 4 is 56.4 Å². The highest BCUT2D eigenvalue weighted by Crippen LogP contribution is 2.24. The number of nitrogens with one attached hydrogen (secondary N) is 1. The molecule has 1 aromatic heterocycles. The first-order valence-corrected chi connectivity index (χ1v) is 10.5. The maximum atomic E-state index is 12.1. The van der Waals surface area contributed by atoms with Gasteiger partial charge >= 0.3 is 0 Å². The van der Waals surface area contributed by atoms with E-state index in [9.17, 15) is 9.59 Å². The van der Waals surface area contributed by atoms with Crippen LogP contribution in [-0.4, -0.2) is 22.4 Å². The Kier molecular flexibility index (Phi) is 6.60. The summed E-state index contributed by atoms with van der Waals surface area (Å²) >= 11 is 6.22. The van der Waals surface area contributed by atoms with Crippen LogP contribution in [0.4, 0.5) is 5.69 Å². The molecular formula is C19H15BrN2O2S2. The Labute approximate surface area is 168 Å². The third-order valence-electron chi connectivity index (χ3n) is 3.40. The minimum absolute atomic E-state index is 0.0692. The molecular weight excluding hydrogens is 432 g/mol. The number of thioether (sulfide) groups is 1. The number of nitrogens with zero attached hydrogens (tertiary/aromatic N) is 1. The third kappa shape index (κ3) is 5.52. The molecule has 0 aliphatic heterocycles. The van der Waals surface area contributed by atoms with Crippen LogP contribution in [0.15, 0.2) is 68.8 Å². The van der Waals surface area contributed by atoms with Gasteiger partial charge in [-0.05, 0) is 18.2 Å². The van der Waals surface area contributed by atoms with Gasteiger partial charge in [-0.25, -0.2) is 4.98 Å². The van der Waals surface area contributed by atoms with Crippen LogP contribution < -0.4 is 5.32 Å². The number of hydrogen-bond acceptors (Lipinski definition) is 5. The second-order valence-electron chi connectivity index (χ2n) is 5.42. The number of amides is 1. The molecule has 3 rings (SSSR count). The quantitative estimate of drug-likeness (QED) is 0.406. The van der Waals surface area contributed by atoms with Crippen molar-refractivity contribution in [2.24, 2.45) is 0 Å². The summed E-state index contributed by atoms with van der Waals surface area (Å²) in [7, 11) is 0. The molecule has 2 aromatic carbocycles.